The molecule has 0 heterocycles. The van der Waals surface area contributed by atoms with Crippen molar-refractivity contribution in [3.8, 4) is 0 Å². The number of hydrogen-bond donors (Lipinski definition) is 1. The zero-order valence-electron chi connectivity index (χ0n) is 6.35. The summed E-state index contributed by atoms with van der Waals surface area (Å²) in [6.07, 6.45) is 2.27. The van der Waals surface area contributed by atoms with Crippen LogP contribution in [0.4, 0.5) is 0 Å². The lowest BCUT2D eigenvalue weighted by molar-refractivity contribution is -0.139. The lowest BCUT2D eigenvalue weighted by Crippen LogP contribution is -2.03. The van der Waals surface area contributed by atoms with Gasteiger partial charge < -0.3 is 5.11 Å². The van der Waals surface area contributed by atoms with Crippen LogP contribution in [-0.4, -0.2) is 11.1 Å². The highest BCUT2D eigenvalue weighted by Crippen LogP contribution is 2.82. The van der Waals surface area contributed by atoms with E-state index >= 15 is 0 Å². The molecule has 2 aliphatic carbocycles. The minimum Gasteiger partial charge on any atom is -0.481 e. The van der Waals surface area contributed by atoms with Gasteiger partial charge in [-0.05, 0) is 23.7 Å². The standard InChI is InChI=1S/C8H12O2/c1-7(2)5(6(9)10)8(7)3-4-8/h5H,3-4H2,1-2H3,(H,9,10). The van der Waals surface area contributed by atoms with Crippen LogP contribution < -0.4 is 0 Å². The quantitative estimate of drug-likeness (QED) is 0.599. The highest BCUT2D eigenvalue weighted by molar-refractivity contribution is 5.78. The molecule has 2 nitrogen and oxygen atoms in total. The maximum absolute atomic E-state index is 10.6. The molecule has 2 aliphatic rings. The lowest BCUT2D eigenvalue weighted by Gasteiger charge is -1.95. The summed E-state index contributed by atoms with van der Waals surface area (Å²) in [5.41, 5.74) is 0.331. The number of aliphatic carboxylic acids is 1. The second kappa shape index (κ2) is 1.25. The number of carboxylic acid groups (broad SMARTS) is 1. The summed E-state index contributed by atoms with van der Waals surface area (Å²) < 4.78 is 0. The zero-order valence-corrected chi connectivity index (χ0v) is 6.35. The smallest absolute Gasteiger partial charge is 0.307 e. The van der Waals surface area contributed by atoms with E-state index in [1.807, 2.05) is 0 Å². The molecule has 2 saturated carbocycles. The molecular weight excluding hydrogens is 128 g/mol. The first kappa shape index (κ1) is 6.20. The molecule has 0 aliphatic heterocycles. The van der Waals surface area contributed by atoms with Crippen LogP contribution in [0.25, 0.3) is 0 Å². The molecule has 2 heteroatoms. The topological polar surface area (TPSA) is 37.3 Å². The van der Waals surface area contributed by atoms with Crippen molar-refractivity contribution in [2.75, 3.05) is 0 Å². The van der Waals surface area contributed by atoms with Gasteiger partial charge in [0.05, 0.1) is 5.92 Å². The molecule has 0 saturated heterocycles. The number of carboxylic acids is 1. The van der Waals surface area contributed by atoms with E-state index in [0.29, 0.717) is 0 Å². The number of rotatable bonds is 1. The molecule has 1 spiro atoms. The molecule has 0 bridgehead atoms. The maximum Gasteiger partial charge on any atom is 0.307 e. The van der Waals surface area contributed by atoms with Gasteiger partial charge in [-0.1, -0.05) is 13.8 Å². The predicted molar refractivity (Wildman–Crippen MR) is 36.6 cm³/mol. The van der Waals surface area contributed by atoms with E-state index in [2.05, 4.69) is 13.8 Å². The largest absolute Gasteiger partial charge is 0.481 e. The van der Waals surface area contributed by atoms with Gasteiger partial charge in [-0.3, -0.25) is 4.79 Å². The van der Waals surface area contributed by atoms with Crippen molar-refractivity contribution >= 4 is 5.97 Å². The van der Waals surface area contributed by atoms with Gasteiger partial charge in [-0.15, -0.1) is 0 Å². The van der Waals surface area contributed by atoms with E-state index in [1.54, 1.807) is 0 Å². The van der Waals surface area contributed by atoms with E-state index in [-0.39, 0.29) is 16.7 Å². The molecule has 1 atom stereocenters. The molecule has 0 amide bonds. The number of hydrogen-bond acceptors (Lipinski definition) is 1. The van der Waals surface area contributed by atoms with Crippen LogP contribution in [-0.2, 0) is 4.79 Å². The minimum absolute atomic E-state index is 0.0417. The SMILES string of the molecule is CC1(C)C(C(=O)O)C12CC2. The van der Waals surface area contributed by atoms with Crippen LogP contribution in [0, 0.1) is 16.7 Å². The molecule has 0 aromatic carbocycles. The summed E-state index contributed by atoms with van der Waals surface area (Å²) in [5.74, 6) is -0.637. The van der Waals surface area contributed by atoms with Gasteiger partial charge in [0.2, 0.25) is 0 Å². The maximum atomic E-state index is 10.6. The fourth-order valence-corrected chi connectivity index (χ4v) is 2.56. The molecule has 0 aromatic heterocycles. The predicted octanol–water partition coefficient (Wildman–Crippen LogP) is 1.51. The Kier molecular flexibility index (Phi) is 0.773. The van der Waals surface area contributed by atoms with Gasteiger partial charge >= 0.3 is 5.97 Å². The van der Waals surface area contributed by atoms with E-state index in [0.717, 1.165) is 12.8 Å². The van der Waals surface area contributed by atoms with Crippen molar-refractivity contribution in [2.45, 2.75) is 26.7 Å². The molecule has 0 radical (unpaired) electrons. The van der Waals surface area contributed by atoms with Crippen molar-refractivity contribution in [1.29, 1.82) is 0 Å². The van der Waals surface area contributed by atoms with Crippen molar-refractivity contribution in [2.24, 2.45) is 16.7 Å². The van der Waals surface area contributed by atoms with E-state index in [9.17, 15) is 4.79 Å². The third-order valence-electron chi connectivity index (χ3n) is 3.51. The monoisotopic (exact) mass is 140 g/mol. The molecule has 1 unspecified atom stereocenters. The summed E-state index contributed by atoms with van der Waals surface area (Å²) in [6, 6.07) is 0. The molecule has 0 aromatic rings. The number of carbonyl (C=O) groups is 1. The highest BCUT2D eigenvalue weighted by Gasteiger charge is 2.80. The first-order valence-corrected chi connectivity index (χ1v) is 3.75. The Morgan fingerprint density at radius 3 is 2.10 bits per heavy atom. The van der Waals surface area contributed by atoms with Gasteiger partial charge in [0.25, 0.3) is 0 Å². The van der Waals surface area contributed by atoms with E-state index in [4.69, 9.17) is 5.11 Å². The van der Waals surface area contributed by atoms with Gasteiger partial charge in [0.1, 0.15) is 0 Å². The highest BCUT2D eigenvalue weighted by atomic mass is 16.4. The lowest BCUT2D eigenvalue weighted by atomic mass is 10.1. The normalized spacial score (nSPS) is 37.6. The van der Waals surface area contributed by atoms with Crippen LogP contribution in [0.1, 0.15) is 26.7 Å². The van der Waals surface area contributed by atoms with Crippen LogP contribution >= 0.6 is 0 Å². The average molecular weight is 140 g/mol. The Labute approximate surface area is 60.2 Å². The van der Waals surface area contributed by atoms with Crippen molar-refractivity contribution in [1.82, 2.24) is 0 Å². The summed E-state index contributed by atoms with van der Waals surface area (Å²) >= 11 is 0. The molecule has 1 N–H and O–H groups in total. The average Bonchev–Trinajstić information content (AvgIpc) is 2.51. The fourth-order valence-electron chi connectivity index (χ4n) is 2.56. The van der Waals surface area contributed by atoms with E-state index < -0.39 is 5.97 Å². The Bertz CT molecular complexity index is 197. The fraction of sp³-hybridized carbons (Fsp3) is 0.875. The van der Waals surface area contributed by atoms with Crippen molar-refractivity contribution in [3.05, 3.63) is 0 Å². The molecule has 2 fully saturated rings. The summed E-state index contributed by atoms with van der Waals surface area (Å²) in [4.78, 5) is 10.6. The van der Waals surface area contributed by atoms with Crippen LogP contribution in [0.3, 0.4) is 0 Å². The van der Waals surface area contributed by atoms with E-state index in [1.165, 1.54) is 0 Å². The Morgan fingerprint density at radius 1 is 1.50 bits per heavy atom. The second-order valence-electron chi connectivity index (χ2n) is 4.15. The Hall–Kier alpha value is -0.530. The van der Waals surface area contributed by atoms with Gasteiger partial charge in [0, 0.05) is 0 Å². The van der Waals surface area contributed by atoms with Gasteiger partial charge in [-0.2, -0.15) is 0 Å². The zero-order chi connectivity index (χ0) is 7.57. The van der Waals surface area contributed by atoms with Gasteiger partial charge in [0.15, 0.2) is 0 Å². The van der Waals surface area contributed by atoms with Crippen molar-refractivity contribution < 1.29 is 9.90 Å². The van der Waals surface area contributed by atoms with Crippen LogP contribution in [0.2, 0.25) is 0 Å². The molecular formula is C8H12O2. The van der Waals surface area contributed by atoms with Crippen molar-refractivity contribution in [3.63, 3.8) is 0 Å². The van der Waals surface area contributed by atoms with Crippen LogP contribution in [0.5, 0.6) is 0 Å². The molecule has 2 rings (SSSR count). The minimum atomic E-state index is -0.595. The molecule has 56 valence electrons. The third-order valence-corrected chi connectivity index (χ3v) is 3.51. The van der Waals surface area contributed by atoms with Gasteiger partial charge in [-0.25, -0.2) is 0 Å². The first-order valence-electron chi connectivity index (χ1n) is 3.75. The molecule has 10 heavy (non-hydrogen) atoms. The first-order chi connectivity index (χ1) is 4.52. The summed E-state index contributed by atoms with van der Waals surface area (Å²) in [6.45, 7) is 4.14. The Balaban J connectivity index is 2.23. The summed E-state index contributed by atoms with van der Waals surface area (Å²) in [7, 11) is 0. The third kappa shape index (κ3) is 0.414. The second-order valence-corrected chi connectivity index (χ2v) is 4.15. The van der Waals surface area contributed by atoms with Crippen LogP contribution in [0.15, 0.2) is 0 Å². The Morgan fingerprint density at radius 2 is 2.00 bits per heavy atom. The summed E-state index contributed by atoms with van der Waals surface area (Å²) in [5, 5.41) is 8.76.